The van der Waals surface area contributed by atoms with E-state index < -0.39 is 42.4 Å². The zero-order valence-corrected chi connectivity index (χ0v) is 24.4. The standard InChI is InChI=1S/C28H19ClF5N7O3S/c1-26(25-36-16(11-45-25)12-2-4-13(5-3-12)23(42)43)18-20(35)37-22(38-21(18)39-24(26)44)19-15-7-6-14(29)10-17(15)41(40-19)9-8-27(30,31)28(32,33)34/h2-7,10-11H,8-9H2,1H3,(H,42,43)(H3,35,37,38,39,44). The molecule has 0 saturated heterocycles. The highest BCUT2D eigenvalue weighted by atomic mass is 35.5. The molecule has 45 heavy (non-hydrogen) atoms. The molecule has 0 spiro atoms. The Kier molecular flexibility index (Phi) is 7.04. The third-order valence-electron chi connectivity index (χ3n) is 7.46. The fourth-order valence-corrected chi connectivity index (χ4v) is 6.17. The van der Waals surface area contributed by atoms with Crippen LogP contribution in [-0.4, -0.2) is 53.8 Å². The summed E-state index contributed by atoms with van der Waals surface area (Å²) in [5, 5.41) is 18.6. The van der Waals surface area contributed by atoms with Crippen LogP contribution < -0.4 is 11.1 Å². The number of carbonyl (C=O) groups is 2. The Morgan fingerprint density at radius 2 is 1.82 bits per heavy atom. The molecule has 1 atom stereocenters. The molecular formula is C28H19ClF5N7O3S. The van der Waals surface area contributed by atoms with Crippen molar-refractivity contribution in [3.63, 3.8) is 0 Å². The smallest absolute Gasteiger partial charge is 0.453 e. The number of carbonyl (C=O) groups excluding carboxylic acids is 1. The third-order valence-corrected chi connectivity index (χ3v) is 8.76. The van der Waals surface area contributed by atoms with Crippen molar-refractivity contribution < 1.29 is 36.6 Å². The normalized spacial score (nSPS) is 16.6. The summed E-state index contributed by atoms with van der Waals surface area (Å²) in [6, 6.07) is 10.4. The van der Waals surface area contributed by atoms with Crippen LogP contribution in [0.2, 0.25) is 5.02 Å². The Bertz CT molecular complexity index is 2010. The van der Waals surface area contributed by atoms with Crippen LogP contribution in [0.5, 0.6) is 0 Å². The molecule has 1 amide bonds. The summed E-state index contributed by atoms with van der Waals surface area (Å²) in [6.07, 6.45) is -7.30. The minimum absolute atomic E-state index is 0.0238. The molecule has 1 aliphatic rings. The predicted molar refractivity (Wildman–Crippen MR) is 155 cm³/mol. The van der Waals surface area contributed by atoms with Crippen LogP contribution in [0, 0.1) is 0 Å². The van der Waals surface area contributed by atoms with E-state index in [-0.39, 0.29) is 44.8 Å². The van der Waals surface area contributed by atoms with Crippen molar-refractivity contribution in [2.75, 3.05) is 11.1 Å². The Balaban J connectivity index is 1.38. The van der Waals surface area contributed by atoms with Gasteiger partial charge in [0, 0.05) is 34.3 Å². The molecule has 4 heterocycles. The number of hydrogen-bond donors (Lipinski definition) is 3. The summed E-state index contributed by atoms with van der Waals surface area (Å²) in [4.78, 5) is 38.0. The van der Waals surface area contributed by atoms with Gasteiger partial charge in [-0.15, -0.1) is 11.3 Å². The number of hydrogen-bond acceptors (Lipinski definition) is 8. The lowest BCUT2D eigenvalue weighted by molar-refractivity contribution is -0.285. The van der Waals surface area contributed by atoms with E-state index in [9.17, 15) is 31.5 Å². The number of rotatable bonds is 7. The number of nitrogens with one attached hydrogen (secondary N) is 1. The number of aromatic nitrogens is 5. The molecule has 3 aromatic heterocycles. The Labute approximate surface area is 258 Å². The predicted octanol–water partition coefficient (Wildman–Crippen LogP) is 6.40. The molecule has 10 nitrogen and oxygen atoms in total. The van der Waals surface area contributed by atoms with Crippen molar-refractivity contribution in [2.24, 2.45) is 0 Å². The number of nitrogens with zero attached hydrogens (tertiary/aromatic N) is 5. The molecule has 1 aliphatic heterocycles. The van der Waals surface area contributed by atoms with Gasteiger partial charge in [0.05, 0.1) is 22.3 Å². The number of fused-ring (bicyclic) bond motifs is 2. The van der Waals surface area contributed by atoms with E-state index in [0.29, 0.717) is 21.7 Å². The van der Waals surface area contributed by atoms with Crippen LogP contribution in [0.25, 0.3) is 33.7 Å². The minimum atomic E-state index is -5.73. The molecule has 232 valence electrons. The van der Waals surface area contributed by atoms with Crippen LogP contribution in [0.1, 0.15) is 34.3 Å². The fourth-order valence-electron chi connectivity index (χ4n) is 5.01. The molecule has 0 aliphatic carbocycles. The number of nitrogen functional groups attached to an aromatic ring is 1. The van der Waals surface area contributed by atoms with Crippen molar-refractivity contribution in [1.82, 2.24) is 24.7 Å². The minimum Gasteiger partial charge on any atom is -0.478 e. The highest BCUT2D eigenvalue weighted by Gasteiger charge is 2.57. The van der Waals surface area contributed by atoms with Crippen LogP contribution in [0.15, 0.2) is 47.8 Å². The maximum Gasteiger partial charge on any atom is 0.453 e. The molecule has 0 radical (unpaired) electrons. The largest absolute Gasteiger partial charge is 0.478 e. The van der Waals surface area contributed by atoms with Gasteiger partial charge in [0.15, 0.2) is 5.82 Å². The Morgan fingerprint density at radius 3 is 2.49 bits per heavy atom. The number of benzene rings is 2. The topological polar surface area (TPSA) is 149 Å². The monoisotopic (exact) mass is 663 g/mol. The van der Waals surface area contributed by atoms with Gasteiger partial charge in [-0.3, -0.25) is 9.48 Å². The van der Waals surface area contributed by atoms with Gasteiger partial charge in [-0.05, 0) is 37.3 Å². The molecule has 5 aromatic rings. The van der Waals surface area contributed by atoms with Gasteiger partial charge in [0.25, 0.3) is 0 Å². The Morgan fingerprint density at radius 1 is 1.11 bits per heavy atom. The number of carboxylic acid groups (broad SMARTS) is 1. The third kappa shape index (κ3) is 5.03. The van der Waals surface area contributed by atoms with E-state index >= 15 is 0 Å². The van der Waals surface area contributed by atoms with Gasteiger partial charge in [0.1, 0.15) is 27.8 Å². The summed E-state index contributed by atoms with van der Waals surface area (Å²) in [5.74, 6) is -6.71. The quantitative estimate of drug-likeness (QED) is 0.170. The first-order valence-corrected chi connectivity index (χ1v) is 14.3. The highest BCUT2D eigenvalue weighted by molar-refractivity contribution is 7.10. The van der Waals surface area contributed by atoms with Crippen molar-refractivity contribution >= 4 is 57.4 Å². The number of aryl methyl sites for hydroxylation is 1. The van der Waals surface area contributed by atoms with E-state index in [1.165, 1.54) is 41.7 Å². The van der Waals surface area contributed by atoms with Gasteiger partial charge in [-0.25, -0.2) is 19.7 Å². The molecule has 1 unspecified atom stereocenters. The van der Waals surface area contributed by atoms with E-state index in [1.54, 1.807) is 24.4 Å². The van der Waals surface area contributed by atoms with Crippen LogP contribution in [0.4, 0.5) is 33.6 Å². The molecule has 0 bridgehead atoms. The Hall–Kier alpha value is -4.70. The molecule has 6 rings (SSSR count). The average molecular weight is 664 g/mol. The lowest BCUT2D eigenvalue weighted by Gasteiger charge is -2.20. The van der Waals surface area contributed by atoms with Crippen LogP contribution >= 0.6 is 22.9 Å². The van der Waals surface area contributed by atoms with Crippen molar-refractivity contribution in [3.8, 4) is 22.8 Å². The molecule has 0 saturated carbocycles. The number of halogens is 6. The summed E-state index contributed by atoms with van der Waals surface area (Å²) in [6.45, 7) is 0.792. The van der Waals surface area contributed by atoms with Crippen molar-refractivity contribution in [2.45, 2.75) is 37.4 Å². The van der Waals surface area contributed by atoms with E-state index in [2.05, 4.69) is 25.4 Å². The summed E-state index contributed by atoms with van der Waals surface area (Å²) >= 11 is 7.25. The highest BCUT2D eigenvalue weighted by Crippen LogP contribution is 2.47. The number of aromatic carboxylic acids is 1. The van der Waals surface area contributed by atoms with Gasteiger partial charge < -0.3 is 16.2 Å². The molecular weight excluding hydrogens is 645 g/mol. The van der Waals surface area contributed by atoms with Gasteiger partial charge in [-0.1, -0.05) is 23.7 Å². The van der Waals surface area contributed by atoms with E-state index in [0.717, 1.165) is 4.68 Å². The van der Waals surface area contributed by atoms with Crippen molar-refractivity contribution in [3.05, 3.63) is 69.0 Å². The number of anilines is 2. The van der Waals surface area contributed by atoms with Gasteiger partial charge >= 0.3 is 18.1 Å². The SMILES string of the molecule is CC1(c2nc(-c3ccc(C(=O)O)cc3)cs2)C(=O)Nc2nc(-c3nn(CCC(F)(F)C(F)(F)F)c4cc(Cl)ccc34)nc(N)c21. The second-order valence-electron chi connectivity index (χ2n) is 10.3. The number of thiazole rings is 1. The zero-order valence-electron chi connectivity index (χ0n) is 22.8. The fraction of sp³-hybridized carbons (Fsp3) is 0.214. The average Bonchev–Trinajstić information content (AvgIpc) is 3.67. The number of nitrogens with two attached hydrogens (primary N) is 1. The first kappa shape index (κ1) is 30.3. The second-order valence-corrected chi connectivity index (χ2v) is 11.6. The lowest BCUT2D eigenvalue weighted by Crippen LogP contribution is -2.37. The number of alkyl halides is 5. The molecule has 2 aromatic carbocycles. The maximum atomic E-state index is 13.7. The zero-order chi connectivity index (χ0) is 32.5. The molecule has 4 N–H and O–H groups in total. The van der Waals surface area contributed by atoms with E-state index in [1.807, 2.05) is 0 Å². The second kappa shape index (κ2) is 10.4. The molecule has 0 fully saturated rings. The van der Waals surface area contributed by atoms with Gasteiger partial charge in [-0.2, -0.15) is 27.1 Å². The number of amides is 1. The number of carboxylic acids is 1. The van der Waals surface area contributed by atoms with Crippen molar-refractivity contribution in [1.29, 1.82) is 0 Å². The summed E-state index contributed by atoms with van der Waals surface area (Å²) in [7, 11) is 0. The summed E-state index contributed by atoms with van der Waals surface area (Å²) in [5.41, 5.74) is 6.61. The first-order valence-electron chi connectivity index (χ1n) is 13.0. The molecule has 17 heteroatoms. The summed E-state index contributed by atoms with van der Waals surface area (Å²) < 4.78 is 66.8. The van der Waals surface area contributed by atoms with E-state index in [4.69, 9.17) is 22.4 Å². The maximum absolute atomic E-state index is 13.7. The van der Waals surface area contributed by atoms with Crippen LogP contribution in [-0.2, 0) is 16.8 Å². The first-order chi connectivity index (χ1) is 21.1. The van der Waals surface area contributed by atoms with Crippen LogP contribution in [0.3, 0.4) is 0 Å². The van der Waals surface area contributed by atoms with Gasteiger partial charge in [0.2, 0.25) is 5.91 Å². The lowest BCUT2D eigenvalue weighted by atomic mass is 9.85.